The summed E-state index contributed by atoms with van der Waals surface area (Å²) in [6.45, 7) is 4.38. The summed E-state index contributed by atoms with van der Waals surface area (Å²) in [5.41, 5.74) is 3.29. The molecule has 3 aromatic rings. The lowest BCUT2D eigenvalue weighted by Gasteiger charge is -2.16. The van der Waals surface area contributed by atoms with E-state index in [1.165, 1.54) is 5.56 Å². The van der Waals surface area contributed by atoms with Crippen molar-refractivity contribution in [2.45, 2.75) is 26.5 Å². The highest BCUT2D eigenvalue weighted by atomic mass is 35.5. The summed E-state index contributed by atoms with van der Waals surface area (Å²) >= 11 is 18.4. The van der Waals surface area contributed by atoms with Crippen LogP contribution < -0.4 is 14.8 Å². The highest BCUT2D eigenvalue weighted by Crippen LogP contribution is 2.37. The average Bonchev–Trinajstić information content (AvgIpc) is 2.73. The molecule has 0 radical (unpaired) electrons. The molecule has 0 aromatic heterocycles. The van der Waals surface area contributed by atoms with Crippen molar-refractivity contribution >= 4 is 47.2 Å². The first kappa shape index (κ1) is 25.6. The molecule has 3 aromatic carbocycles. The Bertz CT molecular complexity index is 947. The van der Waals surface area contributed by atoms with Crippen molar-refractivity contribution in [3.8, 4) is 11.5 Å². The van der Waals surface area contributed by atoms with Crippen molar-refractivity contribution in [1.82, 2.24) is 5.32 Å². The quantitative estimate of drug-likeness (QED) is 0.294. The van der Waals surface area contributed by atoms with Gasteiger partial charge in [0.25, 0.3) is 0 Å². The second kappa shape index (κ2) is 13.0. The number of halogens is 4. The standard InChI is InChI=1S/C24H24Cl3NO2.ClH/c1-2-29-23-14-19(15-28-12-11-17-3-7-20(25)8-4-17)13-22(27)24(23)30-16-18-5-9-21(26)10-6-18;/h3-10,13-14,28H,2,11-12,15-16H2,1H3;1H. The molecule has 0 heterocycles. The predicted molar refractivity (Wildman–Crippen MR) is 133 cm³/mol. The number of hydrogen-bond acceptors (Lipinski definition) is 3. The van der Waals surface area contributed by atoms with Crippen molar-refractivity contribution in [2.24, 2.45) is 0 Å². The van der Waals surface area contributed by atoms with Crippen LogP contribution in [0.25, 0.3) is 0 Å². The van der Waals surface area contributed by atoms with Crippen molar-refractivity contribution < 1.29 is 9.47 Å². The molecule has 0 amide bonds. The van der Waals surface area contributed by atoms with Crippen LogP contribution in [0.3, 0.4) is 0 Å². The summed E-state index contributed by atoms with van der Waals surface area (Å²) in [5.74, 6) is 1.20. The highest BCUT2D eigenvalue weighted by molar-refractivity contribution is 6.32. The Balaban J connectivity index is 0.00000341. The van der Waals surface area contributed by atoms with Gasteiger partial charge in [-0.1, -0.05) is 59.1 Å². The Hall–Kier alpha value is -1.62. The Morgan fingerprint density at radius 3 is 2.00 bits per heavy atom. The van der Waals surface area contributed by atoms with Crippen LogP contribution in [-0.2, 0) is 19.6 Å². The largest absolute Gasteiger partial charge is 0.490 e. The third kappa shape index (κ3) is 8.10. The van der Waals surface area contributed by atoms with Gasteiger partial charge >= 0.3 is 0 Å². The fourth-order valence-electron chi connectivity index (χ4n) is 2.98. The Labute approximate surface area is 205 Å². The molecule has 7 heteroatoms. The normalized spacial score (nSPS) is 10.5. The number of benzene rings is 3. The fraction of sp³-hybridized carbons (Fsp3) is 0.250. The summed E-state index contributed by atoms with van der Waals surface area (Å²) < 4.78 is 11.7. The summed E-state index contributed by atoms with van der Waals surface area (Å²) in [6.07, 6.45) is 0.922. The zero-order chi connectivity index (χ0) is 21.3. The van der Waals surface area contributed by atoms with Crippen LogP contribution in [0.5, 0.6) is 11.5 Å². The molecule has 0 unspecified atom stereocenters. The molecule has 0 atom stereocenters. The van der Waals surface area contributed by atoms with E-state index >= 15 is 0 Å². The second-order valence-corrected chi connectivity index (χ2v) is 8.09. The molecule has 0 saturated carbocycles. The summed E-state index contributed by atoms with van der Waals surface area (Å²) in [5, 5.41) is 5.42. The summed E-state index contributed by atoms with van der Waals surface area (Å²) in [7, 11) is 0. The second-order valence-electron chi connectivity index (χ2n) is 6.81. The van der Waals surface area contributed by atoms with Gasteiger partial charge in [0, 0.05) is 16.6 Å². The van der Waals surface area contributed by atoms with E-state index < -0.39 is 0 Å². The first-order chi connectivity index (χ1) is 14.5. The fourth-order valence-corrected chi connectivity index (χ4v) is 3.52. The lowest BCUT2D eigenvalue weighted by atomic mass is 10.1. The van der Waals surface area contributed by atoms with E-state index in [1.807, 2.05) is 67.6 Å². The smallest absolute Gasteiger partial charge is 0.180 e. The first-order valence-electron chi connectivity index (χ1n) is 9.82. The highest BCUT2D eigenvalue weighted by Gasteiger charge is 2.13. The van der Waals surface area contributed by atoms with Crippen molar-refractivity contribution in [3.63, 3.8) is 0 Å². The van der Waals surface area contributed by atoms with E-state index in [2.05, 4.69) is 5.32 Å². The molecule has 0 saturated heterocycles. The van der Waals surface area contributed by atoms with Gasteiger partial charge in [-0.25, -0.2) is 0 Å². The Morgan fingerprint density at radius 2 is 1.39 bits per heavy atom. The van der Waals surface area contributed by atoms with Gasteiger partial charge in [0.1, 0.15) is 6.61 Å². The van der Waals surface area contributed by atoms with E-state index in [-0.39, 0.29) is 12.4 Å². The number of rotatable bonds is 10. The van der Waals surface area contributed by atoms with Gasteiger partial charge in [-0.2, -0.15) is 0 Å². The lowest BCUT2D eigenvalue weighted by Crippen LogP contribution is -2.16. The number of nitrogens with one attached hydrogen (secondary N) is 1. The molecule has 3 rings (SSSR count). The van der Waals surface area contributed by atoms with E-state index in [1.54, 1.807) is 0 Å². The molecule has 1 N–H and O–H groups in total. The molecule has 0 aliphatic carbocycles. The molecule has 166 valence electrons. The van der Waals surface area contributed by atoms with Crippen LogP contribution in [0.1, 0.15) is 23.6 Å². The summed E-state index contributed by atoms with van der Waals surface area (Å²) in [6, 6.07) is 19.3. The van der Waals surface area contributed by atoms with E-state index in [4.69, 9.17) is 44.3 Å². The van der Waals surface area contributed by atoms with E-state index in [9.17, 15) is 0 Å². The van der Waals surface area contributed by atoms with Crippen LogP contribution in [0.15, 0.2) is 60.7 Å². The van der Waals surface area contributed by atoms with Gasteiger partial charge in [0.05, 0.1) is 11.6 Å². The van der Waals surface area contributed by atoms with Gasteiger partial charge in [0.2, 0.25) is 0 Å². The maximum Gasteiger partial charge on any atom is 0.180 e. The predicted octanol–water partition coefficient (Wildman–Crippen LogP) is 7.38. The SMILES string of the molecule is CCOc1cc(CNCCc2ccc(Cl)cc2)cc(Cl)c1OCc1ccc(Cl)cc1.Cl. The molecule has 0 aliphatic heterocycles. The minimum Gasteiger partial charge on any atom is -0.490 e. The van der Waals surface area contributed by atoms with Gasteiger partial charge in [-0.3, -0.25) is 0 Å². The molecular formula is C24H25Cl4NO2. The third-order valence-corrected chi connectivity index (χ3v) is 5.28. The summed E-state index contributed by atoms with van der Waals surface area (Å²) in [4.78, 5) is 0. The minimum absolute atomic E-state index is 0. The zero-order valence-corrected chi connectivity index (χ0v) is 20.3. The van der Waals surface area contributed by atoms with Gasteiger partial charge in [0.15, 0.2) is 11.5 Å². The topological polar surface area (TPSA) is 30.5 Å². The van der Waals surface area contributed by atoms with Crippen LogP contribution in [-0.4, -0.2) is 13.2 Å². The Kier molecular flexibility index (Phi) is 10.8. The van der Waals surface area contributed by atoms with Crippen LogP contribution >= 0.6 is 47.2 Å². The number of ether oxygens (including phenoxy) is 2. The molecule has 31 heavy (non-hydrogen) atoms. The van der Waals surface area contributed by atoms with Crippen LogP contribution in [0.4, 0.5) is 0 Å². The van der Waals surface area contributed by atoms with Crippen molar-refractivity contribution in [1.29, 1.82) is 0 Å². The minimum atomic E-state index is 0. The number of hydrogen-bond donors (Lipinski definition) is 1. The molecular weight excluding hydrogens is 476 g/mol. The van der Waals surface area contributed by atoms with Crippen molar-refractivity contribution in [2.75, 3.05) is 13.2 Å². The van der Waals surface area contributed by atoms with E-state index in [0.29, 0.717) is 41.3 Å². The third-order valence-electron chi connectivity index (χ3n) is 4.50. The molecule has 3 nitrogen and oxygen atoms in total. The molecule has 0 bridgehead atoms. The van der Waals surface area contributed by atoms with Crippen LogP contribution in [0.2, 0.25) is 15.1 Å². The lowest BCUT2D eigenvalue weighted by molar-refractivity contribution is 0.269. The monoisotopic (exact) mass is 499 g/mol. The van der Waals surface area contributed by atoms with Gasteiger partial charge in [-0.05, 0) is 73.0 Å². The first-order valence-corrected chi connectivity index (χ1v) is 11.0. The average molecular weight is 501 g/mol. The maximum atomic E-state index is 6.52. The zero-order valence-electron chi connectivity index (χ0n) is 17.2. The van der Waals surface area contributed by atoms with Gasteiger partial charge in [-0.15, -0.1) is 12.4 Å². The van der Waals surface area contributed by atoms with Crippen LogP contribution in [0, 0.1) is 0 Å². The van der Waals surface area contributed by atoms with E-state index in [0.717, 1.165) is 29.1 Å². The van der Waals surface area contributed by atoms with Gasteiger partial charge < -0.3 is 14.8 Å². The molecule has 0 spiro atoms. The van der Waals surface area contributed by atoms with Crippen molar-refractivity contribution in [3.05, 3.63) is 92.4 Å². The maximum absolute atomic E-state index is 6.52. The molecule has 0 aliphatic rings. The Morgan fingerprint density at radius 1 is 0.774 bits per heavy atom. The molecule has 0 fully saturated rings.